The summed E-state index contributed by atoms with van der Waals surface area (Å²) in [5.41, 5.74) is 1.63. The molecular formula is C29H35N5O3S4. The molecule has 12 heteroatoms. The number of benzene rings is 2. The molecule has 1 amide bonds. The monoisotopic (exact) mass is 629 g/mol. The van der Waals surface area contributed by atoms with E-state index in [2.05, 4.69) is 15.0 Å². The molecule has 0 saturated heterocycles. The molecule has 1 fully saturated rings. The Kier molecular flexibility index (Phi) is 9.47. The molecule has 2 unspecified atom stereocenters. The number of thiazole rings is 2. The minimum absolute atomic E-state index is 0.206. The van der Waals surface area contributed by atoms with Crippen molar-refractivity contribution in [3.8, 4) is 10.4 Å². The van der Waals surface area contributed by atoms with Crippen LogP contribution in [0.3, 0.4) is 0 Å². The largest absolute Gasteiger partial charge is 0.343 e. The van der Waals surface area contributed by atoms with Crippen LogP contribution in [0.2, 0.25) is 0 Å². The van der Waals surface area contributed by atoms with Gasteiger partial charge in [0, 0.05) is 11.1 Å². The van der Waals surface area contributed by atoms with E-state index in [0.717, 1.165) is 38.2 Å². The lowest BCUT2D eigenvalue weighted by molar-refractivity contribution is 0.0950. The average Bonchev–Trinajstić information content (AvgIpc) is 3.58. The Morgan fingerprint density at radius 1 is 1.05 bits per heavy atom. The van der Waals surface area contributed by atoms with Crippen molar-refractivity contribution in [2.75, 3.05) is 0 Å². The van der Waals surface area contributed by atoms with Crippen LogP contribution in [0.1, 0.15) is 73.4 Å². The quantitative estimate of drug-likeness (QED) is 0.214. The van der Waals surface area contributed by atoms with E-state index in [1.165, 1.54) is 61.0 Å². The first-order valence-corrected chi connectivity index (χ1v) is 17.7. The highest BCUT2D eigenvalue weighted by Crippen LogP contribution is 2.39. The fourth-order valence-corrected chi connectivity index (χ4v) is 8.77. The summed E-state index contributed by atoms with van der Waals surface area (Å²) >= 11 is 2.61. The Labute approximate surface area is 253 Å². The number of carbonyl (C=O) groups is 1. The number of fused-ring (bicyclic) bond motifs is 1. The van der Waals surface area contributed by atoms with Crippen LogP contribution in [0.15, 0.2) is 51.7 Å². The Hall–Kier alpha value is -2.35. The summed E-state index contributed by atoms with van der Waals surface area (Å²) in [7, 11) is -2.98. The van der Waals surface area contributed by atoms with Gasteiger partial charge in [-0.2, -0.15) is 0 Å². The number of amides is 1. The number of hydrogen-bond acceptors (Lipinski definition) is 7. The molecule has 0 bridgehead atoms. The van der Waals surface area contributed by atoms with Crippen LogP contribution in [0, 0.1) is 5.92 Å². The molecule has 4 N–H and O–H groups in total. The number of aromatic nitrogens is 2. The molecule has 0 spiro atoms. The summed E-state index contributed by atoms with van der Waals surface area (Å²) in [4.78, 5) is 24.1. The SMILES string of the molecule is CC(C)(C)NS(=O)c1ccc(-c2sc(C(=O)NCc3ncc(S(N)=O)s3)nc2CC2CCCCC2)c2ccccc12. The summed E-state index contributed by atoms with van der Waals surface area (Å²) in [5.74, 6) is 0.272. The smallest absolute Gasteiger partial charge is 0.280 e. The Morgan fingerprint density at radius 2 is 1.78 bits per heavy atom. The maximum Gasteiger partial charge on any atom is 0.280 e. The molecule has 8 nitrogen and oxygen atoms in total. The van der Waals surface area contributed by atoms with Gasteiger partial charge in [-0.05, 0) is 49.9 Å². The van der Waals surface area contributed by atoms with Crippen LogP contribution in [0.25, 0.3) is 21.2 Å². The predicted octanol–water partition coefficient (Wildman–Crippen LogP) is 5.86. The van der Waals surface area contributed by atoms with Crippen LogP contribution in [-0.2, 0) is 34.9 Å². The molecular weight excluding hydrogens is 595 g/mol. The number of hydrogen-bond donors (Lipinski definition) is 3. The highest BCUT2D eigenvalue weighted by atomic mass is 32.2. The topological polar surface area (TPSA) is 127 Å². The number of nitrogens with two attached hydrogens (primary N) is 1. The Morgan fingerprint density at radius 3 is 2.46 bits per heavy atom. The summed E-state index contributed by atoms with van der Waals surface area (Å²) in [6, 6.07) is 11.9. The van der Waals surface area contributed by atoms with E-state index in [4.69, 9.17) is 10.1 Å². The number of rotatable bonds is 9. The van der Waals surface area contributed by atoms with Gasteiger partial charge in [-0.25, -0.2) is 28.2 Å². The van der Waals surface area contributed by atoms with Crippen LogP contribution >= 0.6 is 22.7 Å². The van der Waals surface area contributed by atoms with Gasteiger partial charge >= 0.3 is 0 Å². The highest BCUT2D eigenvalue weighted by Gasteiger charge is 2.25. The molecule has 2 aromatic carbocycles. The lowest BCUT2D eigenvalue weighted by Gasteiger charge is -2.21. The van der Waals surface area contributed by atoms with Crippen LogP contribution in [0.5, 0.6) is 0 Å². The minimum atomic E-state index is -1.60. The van der Waals surface area contributed by atoms with Crippen LogP contribution in [-0.4, -0.2) is 29.8 Å². The molecule has 2 atom stereocenters. The zero-order valence-corrected chi connectivity index (χ0v) is 26.7. The molecule has 5 rings (SSSR count). The summed E-state index contributed by atoms with van der Waals surface area (Å²) in [5, 5.41) is 11.3. The third-order valence-electron chi connectivity index (χ3n) is 6.96. The Balaban J connectivity index is 1.50. The van der Waals surface area contributed by atoms with E-state index in [9.17, 15) is 13.2 Å². The van der Waals surface area contributed by atoms with Crippen molar-refractivity contribution in [3.05, 3.63) is 58.3 Å². The van der Waals surface area contributed by atoms with E-state index in [1.807, 2.05) is 57.2 Å². The lowest BCUT2D eigenvalue weighted by atomic mass is 9.85. The second-order valence-corrected chi connectivity index (χ2v) is 15.9. The van der Waals surface area contributed by atoms with Gasteiger partial charge in [-0.15, -0.1) is 22.7 Å². The van der Waals surface area contributed by atoms with Gasteiger partial charge in [0.25, 0.3) is 5.91 Å². The van der Waals surface area contributed by atoms with Crippen LogP contribution < -0.4 is 15.2 Å². The maximum atomic E-state index is 13.3. The van der Waals surface area contributed by atoms with Gasteiger partial charge in [0.1, 0.15) is 31.2 Å². The van der Waals surface area contributed by atoms with Crippen molar-refractivity contribution in [1.29, 1.82) is 0 Å². The van der Waals surface area contributed by atoms with E-state index in [-0.39, 0.29) is 18.0 Å². The molecule has 0 aliphatic heterocycles. The third-order valence-corrected chi connectivity index (χ3v) is 11.7. The third kappa shape index (κ3) is 7.36. The first-order valence-electron chi connectivity index (χ1n) is 13.7. The standard InChI is InChI=1S/C29H35N5O3S4/c1-29(2,3)34-41(37)23-14-13-21(19-11-7-8-12-20(19)23)26-22(15-18-9-5-4-6-10-18)33-28(39-26)27(35)32-16-24-31-17-25(38-24)40(30)36/h7-8,11-14,17-18,34H,4-6,9-10,15-16,30H2,1-3H3,(H,32,35). The van der Waals surface area contributed by atoms with Gasteiger partial charge in [0.15, 0.2) is 5.01 Å². The zero-order valence-electron chi connectivity index (χ0n) is 23.4. The van der Waals surface area contributed by atoms with Crippen molar-refractivity contribution >= 4 is 61.3 Å². The number of nitrogens with zero attached hydrogens (tertiary/aromatic N) is 2. The summed E-state index contributed by atoms with van der Waals surface area (Å²) < 4.78 is 28.4. The van der Waals surface area contributed by atoms with Crippen molar-refractivity contribution in [3.63, 3.8) is 0 Å². The molecule has 2 heterocycles. The molecule has 1 saturated carbocycles. The Bertz CT molecular complexity index is 1600. The fourth-order valence-electron chi connectivity index (χ4n) is 5.13. The van der Waals surface area contributed by atoms with Crippen molar-refractivity contribution in [2.45, 2.75) is 80.5 Å². The number of nitrogens with one attached hydrogen (secondary N) is 2. The molecule has 218 valence electrons. The highest BCUT2D eigenvalue weighted by molar-refractivity contribution is 7.85. The number of carbonyl (C=O) groups excluding carboxylic acids is 1. The molecule has 1 aliphatic carbocycles. The maximum absolute atomic E-state index is 13.3. The first kappa shape index (κ1) is 30.1. The molecule has 2 aromatic heterocycles. The predicted molar refractivity (Wildman–Crippen MR) is 169 cm³/mol. The van der Waals surface area contributed by atoms with Gasteiger partial charge in [-0.3, -0.25) is 4.79 Å². The van der Waals surface area contributed by atoms with E-state index >= 15 is 0 Å². The molecule has 1 aliphatic rings. The molecule has 0 radical (unpaired) electrons. The normalized spacial score (nSPS) is 16.1. The first-order chi connectivity index (χ1) is 19.6. The van der Waals surface area contributed by atoms with Crippen molar-refractivity contribution < 1.29 is 13.2 Å². The van der Waals surface area contributed by atoms with E-state index in [1.54, 1.807) is 0 Å². The second-order valence-electron chi connectivity index (χ2n) is 11.3. The van der Waals surface area contributed by atoms with Crippen molar-refractivity contribution in [1.82, 2.24) is 20.0 Å². The minimum Gasteiger partial charge on any atom is -0.343 e. The van der Waals surface area contributed by atoms with Crippen LogP contribution in [0.4, 0.5) is 0 Å². The van der Waals surface area contributed by atoms with Gasteiger partial charge in [0.2, 0.25) is 0 Å². The average molecular weight is 630 g/mol. The van der Waals surface area contributed by atoms with E-state index in [0.29, 0.717) is 20.1 Å². The second kappa shape index (κ2) is 12.9. The van der Waals surface area contributed by atoms with Crippen molar-refractivity contribution in [2.24, 2.45) is 11.1 Å². The van der Waals surface area contributed by atoms with Gasteiger partial charge in [0.05, 0.1) is 28.2 Å². The fraction of sp³-hybridized carbons (Fsp3) is 0.414. The molecule has 41 heavy (non-hydrogen) atoms. The van der Waals surface area contributed by atoms with Gasteiger partial charge < -0.3 is 5.32 Å². The summed E-state index contributed by atoms with van der Waals surface area (Å²) in [6.45, 7) is 6.19. The zero-order chi connectivity index (χ0) is 29.1. The summed E-state index contributed by atoms with van der Waals surface area (Å²) in [6.07, 6.45) is 8.37. The molecule has 4 aromatic rings. The van der Waals surface area contributed by atoms with Gasteiger partial charge in [-0.1, -0.05) is 62.4 Å². The van der Waals surface area contributed by atoms with E-state index < -0.39 is 22.0 Å². The lowest BCUT2D eigenvalue weighted by Crippen LogP contribution is -2.37.